The molecule has 4 heterocycles. The van der Waals surface area contributed by atoms with Gasteiger partial charge in [0.15, 0.2) is 0 Å². The largest absolute Gasteiger partial charge is 0.342 e. The van der Waals surface area contributed by atoms with Crippen molar-refractivity contribution in [2.75, 3.05) is 0 Å². The van der Waals surface area contributed by atoms with Crippen LogP contribution in [0.1, 0.15) is 157 Å². The summed E-state index contributed by atoms with van der Waals surface area (Å²) in [5, 5.41) is 1.60. The lowest BCUT2D eigenvalue weighted by Gasteiger charge is -2.54. The number of nitrogens with zero attached hydrogens (tertiary/aromatic N) is 2. The van der Waals surface area contributed by atoms with Gasteiger partial charge in [-0.2, -0.15) is 0 Å². The first kappa shape index (κ1) is 38.7. The van der Waals surface area contributed by atoms with Crippen molar-refractivity contribution >= 4 is 29.2 Å². The molecule has 58 heavy (non-hydrogen) atoms. The maximum Gasteiger partial charge on any atom is 0.221 e. The van der Waals surface area contributed by atoms with E-state index in [2.05, 4.69) is 173 Å². The monoisotopic (exact) mass is 771 g/mol. The number of rotatable bonds is 2. The highest BCUT2D eigenvalue weighted by Gasteiger charge is 2.59. The Labute approximate surface area is 352 Å². The van der Waals surface area contributed by atoms with Crippen LogP contribution >= 0.6 is 0 Å². The highest BCUT2D eigenvalue weighted by Crippen LogP contribution is 2.64. The lowest BCUT2D eigenvalue weighted by molar-refractivity contribution is 0.195. The van der Waals surface area contributed by atoms with Crippen LogP contribution in [0.3, 0.4) is 0 Å². The minimum Gasteiger partial charge on any atom is -0.342 e. The molecule has 0 spiro atoms. The van der Waals surface area contributed by atoms with Gasteiger partial charge in [0.25, 0.3) is 0 Å². The predicted octanol–water partition coefficient (Wildman–Crippen LogP) is 13.7. The molecule has 2 nitrogen and oxygen atoms in total. The molecule has 3 heteroatoms. The normalized spacial score (nSPS) is 28.0. The first-order valence-corrected chi connectivity index (χ1v) is 23.2. The minimum absolute atomic E-state index is 0.0295. The van der Waals surface area contributed by atoms with Crippen molar-refractivity contribution in [3.8, 4) is 0 Å². The van der Waals surface area contributed by atoms with Gasteiger partial charge in [0.05, 0.1) is 6.04 Å². The molecule has 0 radical (unpaired) electrons. The quantitative estimate of drug-likeness (QED) is 0.236. The molecule has 304 valence electrons. The first-order valence-electron chi connectivity index (χ1n) is 23.2. The van der Waals surface area contributed by atoms with Gasteiger partial charge in [-0.25, -0.2) is 0 Å². The second kappa shape index (κ2) is 12.3. The van der Waals surface area contributed by atoms with Gasteiger partial charge in [-0.05, 0) is 129 Å². The van der Waals surface area contributed by atoms with Crippen LogP contribution in [0.25, 0.3) is 17.0 Å². The van der Waals surface area contributed by atoms with Gasteiger partial charge in [0.1, 0.15) is 0 Å². The molecule has 6 unspecified atom stereocenters. The third-order valence-corrected chi connectivity index (χ3v) is 16.7. The Kier molecular flexibility index (Phi) is 8.23. The third-order valence-electron chi connectivity index (χ3n) is 16.7. The molecular formula is C55H71BN2. The standard InChI is InChI=1S/C55H71BN2/c1-51(2,3)33-20-26-42-36(28-33)46-38(53(7,8)9)22-24-40-49(46)57(42)44-30-35(55(13,14)32-18-16-15-17-19-32)31-45-48(44)56(40)41-25-23-39(54(10,11)12)47-37-29-34(52(4,5)6)21-27-43(37)58(45)50(41)47/h15-20,22-24,26,29,33-35,41,43-44H,21,25,27-28,30-31H2,1-14H3. The SMILES string of the molecule is CC(C)(C)C1=CCC2B3C4=C(CC(C(C)(C)c5ccccc5)CC4n4c5c(c6c(C(C)(C)C)ccc3c64)CC(C(C)(C)C)C=C5)N3C2=C1C1=CC(C(C)(C)C)CCC13. The zero-order valence-electron chi connectivity index (χ0n) is 38.5. The third kappa shape index (κ3) is 5.42. The molecule has 0 fully saturated rings. The van der Waals surface area contributed by atoms with E-state index in [9.17, 15) is 0 Å². The Morgan fingerprint density at radius 1 is 0.724 bits per heavy atom. The average Bonchev–Trinajstić information content (AvgIpc) is 3.67. The number of fused-ring (bicyclic) bond motifs is 10. The second-order valence-corrected chi connectivity index (χ2v) is 24.6. The van der Waals surface area contributed by atoms with Crippen LogP contribution in [0.2, 0.25) is 5.82 Å². The molecule has 6 atom stereocenters. The molecule has 0 bridgehead atoms. The zero-order valence-corrected chi connectivity index (χ0v) is 38.5. The lowest BCUT2D eigenvalue weighted by atomic mass is 9.27. The molecule has 7 aliphatic rings. The van der Waals surface area contributed by atoms with E-state index in [1.165, 1.54) is 36.1 Å². The Morgan fingerprint density at radius 3 is 2.09 bits per heavy atom. The van der Waals surface area contributed by atoms with Crippen molar-refractivity contribution in [3.63, 3.8) is 0 Å². The summed E-state index contributed by atoms with van der Waals surface area (Å²) in [6, 6.07) is 17.6. The van der Waals surface area contributed by atoms with Crippen molar-refractivity contribution in [2.45, 2.75) is 164 Å². The fourth-order valence-electron chi connectivity index (χ4n) is 13.4. The van der Waals surface area contributed by atoms with Crippen molar-refractivity contribution < 1.29 is 0 Å². The molecule has 4 aliphatic carbocycles. The zero-order chi connectivity index (χ0) is 41.2. The van der Waals surface area contributed by atoms with Crippen LogP contribution in [0.15, 0.2) is 94.3 Å². The van der Waals surface area contributed by atoms with Gasteiger partial charge in [-0.1, -0.05) is 163 Å². The molecular weight excluding hydrogens is 699 g/mol. The van der Waals surface area contributed by atoms with E-state index in [-0.39, 0.29) is 27.1 Å². The predicted molar refractivity (Wildman–Crippen MR) is 249 cm³/mol. The summed E-state index contributed by atoms with van der Waals surface area (Å²) >= 11 is 0. The average molecular weight is 771 g/mol. The van der Waals surface area contributed by atoms with Gasteiger partial charge in [-0.15, -0.1) is 0 Å². The molecule has 3 aliphatic heterocycles. The molecule has 3 aromatic rings. The first-order chi connectivity index (χ1) is 27.1. The maximum atomic E-state index is 3.06. The van der Waals surface area contributed by atoms with Crippen LogP contribution in [-0.2, 0) is 17.3 Å². The van der Waals surface area contributed by atoms with Crippen molar-refractivity contribution in [1.29, 1.82) is 0 Å². The van der Waals surface area contributed by atoms with Gasteiger partial charge in [-0.3, -0.25) is 0 Å². The van der Waals surface area contributed by atoms with Crippen LogP contribution in [-0.4, -0.2) is 22.2 Å². The molecule has 0 amide bonds. The van der Waals surface area contributed by atoms with Gasteiger partial charge < -0.3 is 9.47 Å². The Morgan fingerprint density at radius 2 is 1.43 bits per heavy atom. The van der Waals surface area contributed by atoms with E-state index in [0.29, 0.717) is 42.4 Å². The summed E-state index contributed by atoms with van der Waals surface area (Å²) in [5.74, 6) is 2.09. The van der Waals surface area contributed by atoms with E-state index in [1.54, 1.807) is 55.5 Å². The molecule has 0 N–H and O–H groups in total. The van der Waals surface area contributed by atoms with Crippen LogP contribution in [0.4, 0.5) is 0 Å². The number of hydrogen-bond acceptors (Lipinski definition) is 1. The molecule has 0 saturated heterocycles. The van der Waals surface area contributed by atoms with Gasteiger partial charge in [0, 0.05) is 39.6 Å². The van der Waals surface area contributed by atoms with Crippen LogP contribution < -0.4 is 5.46 Å². The molecule has 0 saturated carbocycles. The fourth-order valence-corrected chi connectivity index (χ4v) is 13.4. The van der Waals surface area contributed by atoms with E-state index >= 15 is 0 Å². The second-order valence-electron chi connectivity index (χ2n) is 24.6. The highest BCUT2D eigenvalue weighted by molar-refractivity contribution is 6.84. The fraction of sp³-hybridized carbons (Fsp3) is 0.564. The lowest BCUT2D eigenvalue weighted by Crippen LogP contribution is -2.55. The summed E-state index contributed by atoms with van der Waals surface area (Å²) in [6.45, 7) is 35.1. The smallest absolute Gasteiger partial charge is 0.221 e. The summed E-state index contributed by atoms with van der Waals surface area (Å²) in [5.41, 5.74) is 20.1. The number of aromatic nitrogens is 1. The minimum atomic E-state index is 0.0295. The Bertz CT molecular complexity index is 2390. The summed E-state index contributed by atoms with van der Waals surface area (Å²) in [4.78, 5) is 3.06. The molecule has 10 rings (SSSR count). The van der Waals surface area contributed by atoms with Crippen LogP contribution in [0.5, 0.6) is 0 Å². The van der Waals surface area contributed by atoms with Crippen molar-refractivity contribution in [1.82, 2.24) is 9.47 Å². The summed E-state index contributed by atoms with van der Waals surface area (Å²) in [6.07, 6.45) is 17.8. The summed E-state index contributed by atoms with van der Waals surface area (Å²) < 4.78 is 2.96. The van der Waals surface area contributed by atoms with E-state index in [1.807, 2.05) is 0 Å². The molecule has 2 aromatic carbocycles. The Balaban J connectivity index is 1.29. The number of allylic oxidation sites excluding steroid dienone is 7. The van der Waals surface area contributed by atoms with Gasteiger partial charge >= 0.3 is 0 Å². The van der Waals surface area contributed by atoms with Crippen LogP contribution in [0, 0.1) is 34.0 Å². The van der Waals surface area contributed by atoms with Crippen molar-refractivity contribution in [3.05, 3.63) is 117 Å². The van der Waals surface area contributed by atoms with E-state index in [4.69, 9.17) is 0 Å². The molecule has 1 aromatic heterocycles. The number of hydrogen-bond donors (Lipinski definition) is 0. The van der Waals surface area contributed by atoms with Crippen molar-refractivity contribution in [2.24, 2.45) is 34.0 Å². The van der Waals surface area contributed by atoms with E-state index < -0.39 is 0 Å². The van der Waals surface area contributed by atoms with E-state index in [0.717, 1.165) is 19.3 Å². The Hall–Kier alpha value is -3.46. The van der Waals surface area contributed by atoms with Gasteiger partial charge in [0.2, 0.25) is 6.71 Å². The number of benzene rings is 2. The highest BCUT2D eigenvalue weighted by atomic mass is 15.2. The maximum absolute atomic E-state index is 3.06. The topological polar surface area (TPSA) is 8.17 Å². The summed E-state index contributed by atoms with van der Waals surface area (Å²) in [7, 11) is 0.